The number of carbonyl (C=O) groups is 2. The molecule has 0 spiro atoms. The Kier molecular flexibility index (Phi) is 6.38. The monoisotopic (exact) mass is 327 g/mol. The number of rotatable bonds is 5. The second-order valence-electron chi connectivity index (χ2n) is 5.43. The van der Waals surface area contributed by atoms with Crippen LogP contribution in [0.4, 0.5) is 5.69 Å². The molecule has 1 amide bonds. The molecular weight excluding hydrogens is 306 g/mol. The van der Waals surface area contributed by atoms with E-state index in [9.17, 15) is 9.59 Å². The number of hydrogen-bond donors (Lipinski definition) is 1. The van der Waals surface area contributed by atoms with E-state index >= 15 is 0 Å². The minimum Gasteiger partial charge on any atom is -0.462 e. The van der Waals surface area contributed by atoms with Crippen LogP contribution in [0.15, 0.2) is 36.0 Å². The maximum Gasteiger partial charge on any atom is 0.350 e. The quantitative estimate of drug-likeness (QED) is 0.511. The standard InChI is InChI=1S/C18H21N3O3/c1-2-24-18(23)14(12-19)13-20-16-9-5-4-8-15(16)17(22)21-10-6-3-7-11-21/h4-5,8-9,13,20H,2-3,6-7,10-11H2,1H3/b14-13-. The molecule has 6 nitrogen and oxygen atoms in total. The summed E-state index contributed by atoms with van der Waals surface area (Å²) < 4.78 is 4.81. The molecule has 1 saturated heterocycles. The minimum absolute atomic E-state index is 0.0409. The smallest absolute Gasteiger partial charge is 0.350 e. The van der Waals surface area contributed by atoms with Crippen molar-refractivity contribution in [1.82, 2.24) is 4.90 Å². The van der Waals surface area contributed by atoms with Gasteiger partial charge < -0.3 is 15.0 Å². The molecule has 0 radical (unpaired) electrons. The third-order valence-corrected chi connectivity index (χ3v) is 3.79. The third kappa shape index (κ3) is 4.35. The van der Waals surface area contributed by atoms with Crippen molar-refractivity contribution < 1.29 is 14.3 Å². The summed E-state index contributed by atoms with van der Waals surface area (Å²) in [6, 6.07) is 8.87. The van der Waals surface area contributed by atoms with Crippen LogP contribution in [0.5, 0.6) is 0 Å². The van der Waals surface area contributed by atoms with Crippen LogP contribution in [-0.2, 0) is 9.53 Å². The average Bonchev–Trinajstić information content (AvgIpc) is 2.63. The molecular formula is C18H21N3O3. The lowest BCUT2D eigenvalue weighted by Crippen LogP contribution is -2.35. The number of nitrogens with zero attached hydrogens (tertiary/aromatic N) is 2. The van der Waals surface area contributed by atoms with Crippen LogP contribution in [0.1, 0.15) is 36.5 Å². The fourth-order valence-corrected chi connectivity index (χ4v) is 2.56. The van der Waals surface area contributed by atoms with Crippen molar-refractivity contribution in [3.8, 4) is 6.07 Å². The van der Waals surface area contributed by atoms with Gasteiger partial charge >= 0.3 is 5.97 Å². The number of nitriles is 1. The Balaban J connectivity index is 2.18. The predicted octanol–water partition coefficient (Wildman–Crippen LogP) is 2.70. The number of benzene rings is 1. The van der Waals surface area contributed by atoms with E-state index in [0.717, 1.165) is 32.4 Å². The molecule has 0 atom stereocenters. The van der Waals surface area contributed by atoms with E-state index in [1.54, 1.807) is 37.3 Å². The van der Waals surface area contributed by atoms with Gasteiger partial charge in [0.25, 0.3) is 5.91 Å². The normalized spacial score (nSPS) is 14.7. The van der Waals surface area contributed by atoms with E-state index in [4.69, 9.17) is 10.00 Å². The molecule has 6 heteroatoms. The minimum atomic E-state index is -0.688. The molecule has 24 heavy (non-hydrogen) atoms. The van der Waals surface area contributed by atoms with Crippen LogP contribution in [0.3, 0.4) is 0 Å². The number of esters is 1. The summed E-state index contributed by atoms with van der Waals surface area (Å²) in [6.07, 6.45) is 4.46. The summed E-state index contributed by atoms with van der Waals surface area (Å²) in [7, 11) is 0. The van der Waals surface area contributed by atoms with Gasteiger partial charge in [0.05, 0.1) is 17.9 Å². The molecule has 1 fully saturated rings. The first kappa shape index (κ1) is 17.5. The zero-order chi connectivity index (χ0) is 17.4. The Labute approximate surface area is 141 Å². The van der Waals surface area contributed by atoms with Crippen LogP contribution >= 0.6 is 0 Å². The number of likely N-dealkylation sites (tertiary alicyclic amines) is 1. The molecule has 1 N–H and O–H groups in total. The van der Waals surface area contributed by atoms with Crippen molar-refractivity contribution in [2.75, 3.05) is 25.0 Å². The highest BCUT2D eigenvalue weighted by Crippen LogP contribution is 2.20. The second kappa shape index (κ2) is 8.73. The number of piperidine rings is 1. The van der Waals surface area contributed by atoms with Crippen molar-refractivity contribution >= 4 is 17.6 Å². The molecule has 1 aliphatic heterocycles. The lowest BCUT2D eigenvalue weighted by Gasteiger charge is -2.27. The van der Waals surface area contributed by atoms with Gasteiger partial charge in [0, 0.05) is 19.3 Å². The number of nitrogens with one attached hydrogen (secondary N) is 1. The lowest BCUT2D eigenvalue weighted by molar-refractivity contribution is -0.138. The van der Waals surface area contributed by atoms with Crippen molar-refractivity contribution in [3.05, 3.63) is 41.6 Å². The first-order chi connectivity index (χ1) is 11.7. The maximum absolute atomic E-state index is 12.7. The van der Waals surface area contributed by atoms with E-state index in [-0.39, 0.29) is 18.1 Å². The van der Waals surface area contributed by atoms with Gasteiger partial charge in [-0.3, -0.25) is 4.79 Å². The van der Waals surface area contributed by atoms with Crippen molar-refractivity contribution in [1.29, 1.82) is 5.26 Å². The van der Waals surface area contributed by atoms with E-state index in [1.165, 1.54) is 6.20 Å². The topological polar surface area (TPSA) is 82.4 Å². The number of anilines is 1. The first-order valence-corrected chi connectivity index (χ1v) is 8.09. The molecule has 2 rings (SSSR count). The van der Waals surface area contributed by atoms with Crippen molar-refractivity contribution in [2.45, 2.75) is 26.2 Å². The highest BCUT2D eigenvalue weighted by molar-refractivity contribution is 6.00. The SMILES string of the molecule is CCOC(=O)/C(C#N)=C\Nc1ccccc1C(=O)N1CCCCC1. The number of amides is 1. The molecule has 1 aromatic carbocycles. The molecule has 1 aromatic rings. The van der Waals surface area contributed by atoms with Gasteiger partial charge in [0.2, 0.25) is 0 Å². The van der Waals surface area contributed by atoms with Crippen molar-refractivity contribution in [3.63, 3.8) is 0 Å². The highest BCUT2D eigenvalue weighted by Gasteiger charge is 2.20. The Morgan fingerprint density at radius 3 is 2.67 bits per heavy atom. The fraction of sp³-hybridized carbons (Fsp3) is 0.389. The van der Waals surface area contributed by atoms with E-state index in [2.05, 4.69) is 5.32 Å². The molecule has 0 bridgehead atoms. The summed E-state index contributed by atoms with van der Waals surface area (Å²) in [5.41, 5.74) is 0.944. The zero-order valence-electron chi connectivity index (χ0n) is 13.7. The number of ether oxygens (including phenoxy) is 1. The third-order valence-electron chi connectivity index (χ3n) is 3.79. The van der Waals surface area contributed by atoms with Crippen LogP contribution < -0.4 is 5.32 Å². The molecule has 0 aromatic heterocycles. The molecule has 0 aliphatic carbocycles. The van der Waals surface area contributed by atoms with Crippen LogP contribution in [0, 0.1) is 11.3 Å². The number of para-hydroxylation sites is 1. The molecule has 1 heterocycles. The molecule has 0 unspecified atom stereocenters. The summed E-state index contributed by atoms with van der Waals surface area (Å²) in [5.74, 6) is -0.729. The zero-order valence-corrected chi connectivity index (χ0v) is 13.7. The lowest BCUT2D eigenvalue weighted by atomic mass is 10.1. The first-order valence-electron chi connectivity index (χ1n) is 8.09. The predicted molar refractivity (Wildman–Crippen MR) is 90.1 cm³/mol. The van der Waals surface area contributed by atoms with Gasteiger partial charge in [0.15, 0.2) is 5.57 Å². The van der Waals surface area contributed by atoms with Crippen molar-refractivity contribution in [2.24, 2.45) is 0 Å². The average molecular weight is 327 g/mol. The van der Waals surface area contributed by atoms with Gasteiger partial charge in [-0.15, -0.1) is 0 Å². The van der Waals surface area contributed by atoms with Gasteiger partial charge in [-0.2, -0.15) is 5.26 Å². The maximum atomic E-state index is 12.7. The van der Waals surface area contributed by atoms with Gasteiger partial charge in [-0.25, -0.2) is 4.79 Å². The Morgan fingerprint density at radius 2 is 2.00 bits per heavy atom. The second-order valence-corrected chi connectivity index (χ2v) is 5.43. The summed E-state index contributed by atoms with van der Waals surface area (Å²) in [5, 5.41) is 11.9. The Morgan fingerprint density at radius 1 is 1.29 bits per heavy atom. The largest absolute Gasteiger partial charge is 0.462 e. The van der Waals surface area contributed by atoms with Gasteiger partial charge in [-0.05, 0) is 38.3 Å². The summed E-state index contributed by atoms with van der Waals surface area (Å²) in [4.78, 5) is 26.2. The number of hydrogen-bond acceptors (Lipinski definition) is 5. The van der Waals surface area contributed by atoms with E-state index in [1.807, 2.05) is 4.90 Å². The van der Waals surface area contributed by atoms with Crippen LogP contribution in [0.25, 0.3) is 0 Å². The summed E-state index contributed by atoms with van der Waals surface area (Å²) in [6.45, 7) is 3.39. The van der Waals surface area contributed by atoms with E-state index < -0.39 is 5.97 Å². The highest BCUT2D eigenvalue weighted by atomic mass is 16.5. The molecule has 126 valence electrons. The molecule has 1 aliphatic rings. The van der Waals surface area contributed by atoms with Crippen LogP contribution in [-0.4, -0.2) is 36.5 Å². The van der Waals surface area contributed by atoms with Gasteiger partial charge in [-0.1, -0.05) is 12.1 Å². The van der Waals surface area contributed by atoms with Gasteiger partial charge in [0.1, 0.15) is 6.07 Å². The van der Waals surface area contributed by atoms with Crippen LogP contribution in [0.2, 0.25) is 0 Å². The Bertz CT molecular complexity index is 670. The van der Waals surface area contributed by atoms with E-state index in [0.29, 0.717) is 11.3 Å². The molecule has 0 saturated carbocycles. The fourth-order valence-electron chi connectivity index (χ4n) is 2.56. The summed E-state index contributed by atoms with van der Waals surface area (Å²) >= 11 is 0. The Hall–Kier alpha value is -2.81. The number of carbonyl (C=O) groups excluding carboxylic acids is 2.